The normalized spacial score (nSPS) is 25.0. The summed E-state index contributed by atoms with van der Waals surface area (Å²) in [5, 5.41) is 8.77. The van der Waals surface area contributed by atoms with E-state index in [0.717, 1.165) is 22.6 Å². The van der Waals surface area contributed by atoms with E-state index >= 15 is 0 Å². The lowest BCUT2D eigenvalue weighted by Gasteiger charge is -2.28. The fourth-order valence-corrected chi connectivity index (χ4v) is 7.65. The molecule has 2 fully saturated rings. The van der Waals surface area contributed by atoms with Gasteiger partial charge in [-0.15, -0.1) is 15.3 Å². The van der Waals surface area contributed by atoms with Crippen molar-refractivity contribution in [2.45, 2.75) is 64.4 Å². The molecule has 3 atom stereocenters. The number of nitrogens with one attached hydrogen (secondary N) is 1. The fraction of sp³-hybridized carbons (Fsp3) is 0.448. The number of anilines is 2. The summed E-state index contributed by atoms with van der Waals surface area (Å²) in [5.41, 5.74) is 5.67. The van der Waals surface area contributed by atoms with Gasteiger partial charge in [0.05, 0.1) is 21.9 Å². The number of aromatic nitrogens is 1. The maximum atomic E-state index is 11.6. The summed E-state index contributed by atoms with van der Waals surface area (Å²) < 4.78 is 45.0. The quantitative estimate of drug-likeness (QED) is 0.250. The lowest BCUT2D eigenvalue weighted by atomic mass is 9.88. The number of fused-ring (bicyclic) bond motifs is 1. The van der Waals surface area contributed by atoms with Crippen molar-refractivity contribution in [3.8, 4) is 5.75 Å². The molecule has 2 aliphatic carbocycles. The Morgan fingerprint density at radius 1 is 1.15 bits per heavy atom. The largest absolute Gasteiger partial charge is 0.468 e. The molecular weight excluding hydrogens is 562 g/mol. The lowest BCUT2D eigenvalue weighted by Crippen LogP contribution is -2.44. The first kappa shape index (κ1) is 28.0. The second-order valence-corrected chi connectivity index (χ2v) is 14.4. The van der Waals surface area contributed by atoms with Crippen LogP contribution in [0, 0.1) is 31.1 Å². The van der Waals surface area contributed by atoms with Crippen LogP contribution in [0.3, 0.4) is 0 Å². The highest BCUT2D eigenvalue weighted by Gasteiger charge is 2.73. The number of rotatable bonds is 8. The van der Waals surface area contributed by atoms with Gasteiger partial charge in [0.25, 0.3) is 10.1 Å². The molecule has 2 saturated carbocycles. The Morgan fingerprint density at radius 2 is 1.90 bits per heavy atom. The van der Waals surface area contributed by atoms with Crippen LogP contribution in [-0.4, -0.2) is 36.2 Å². The molecule has 0 spiro atoms. The first-order valence-corrected chi connectivity index (χ1v) is 16.0. The van der Waals surface area contributed by atoms with E-state index in [2.05, 4.69) is 31.2 Å². The van der Waals surface area contributed by atoms with Crippen molar-refractivity contribution >= 4 is 38.1 Å². The second-order valence-electron chi connectivity index (χ2n) is 11.8. The third-order valence-electron chi connectivity index (χ3n) is 8.85. The molecule has 1 aliphatic heterocycles. The van der Waals surface area contributed by atoms with Crippen LogP contribution >= 0.6 is 11.3 Å². The first-order chi connectivity index (χ1) is 19.4. The first-order valence-electron chi connectivity index (χ1n) is 13.7. The Labute approximate surface area is 244 Å². The Kier molecular flexibility index (Phi) is 6.80. The zero-order valence-corrected chi connectivity index (χ0v) is 25.4. The van der Waals surface area contributed by atoms with Crippen LogP contribution in [0.5, 0.6) is 5.75 Å². The van der Waals surface area contributed by atoms with Crippen molar-refractivity contribution in [1.82, 2.24) is 10.4 Å². The predicted octanol–water partition coefficient (Wildman–Crippen LogP) is 5.68. The molecule has 0 radical (unpaired) electrons. The summed E-state index contributed by atoms with van der Waals surface area (Å²) in [6.07, 6.45) is 3.54. The number of nitrogens with zero attached hydrogens (tertiary/aromatic N) is 4. The van der Waals surface area contributed by atoms with E-state index < -0.39 is 10.1 Å². The minimum atomic E-state index is -4.31. The number of hydrazine groups is 2. The summed E-state index contributed by atoms with van der Waals surface area (Å²) in [6.45, 7) is 11.0. The molecule has 2 aromatic carbocycles. The SMILES string of the molecule is Cc1nc(N2NC(c3cccc(OCOC45CC(C)CCC4C5(C)C)c3)=NN2c2ccc(S(=O)(=O)O)cc2)sc1C. The maximum Gasteiger partial charge on any atom is 0.294 e. The molecule has 1 aromatic heterocycles. The van der Waals surface area contributed by atoms with Gasteiger partial charge >= 0.3 is 0 Å². The van der Waals surface area contributed by atoms with Gasteiger partial charge in [-0.05, 0) is 80.3 Å². The Morgan fingerprint density at radius 3 is 2.59 bits per heavy atom. The maximum absolute atomic E-state index is 11.6. The van der Waals surface area contributed by atoms with Crippen LogP contribution in [0.15, 0.2) is 58.5 Å². The number of hydrogen-bond acceptors (Lipinski definition) is 10. The van der Waals surface area contributed by atoms with E-state index in [1.54, 1.807) is 22.4 Å². The van der Waals surface area contributed by atoms with Gasteiger partial charge in [-0.2, -0.15) is 8.42 Å². The van der Waals surface area contributed by atoms with E-state index in [1.807, 2.05) is 38.1 Å². The van der Waals surface area contributed by atoms with Gasteiger partial charge in [0.2, 0.25) is 5.13 Å². The van der Waals surface area contributed by atoms with Crippen molar-refractivity contribution in [1.29, 1.82) is 0 Å². The minimum absolute atomic E-state index is 0.102. The van der Waals surface area contributed by atoms with Gasteiger partial charge in [0.1, 0.15) is 5.75 Å². The van der Waals surface area contributed by atoms with Crippen molar-refractivity contribution < 1.29 is 22.4 Å². The Balaban J connectivity index is 1.22. The lowest BCUT2D eigenvalue weighted by molar-refractivity contribution is -0.0883. The van der Waals surface area contributed by atoms with Crippen LogP contribution in [0.4, 0.5) is 10.8 Å². The molecule has 3 unspecified atom stereocenters. The van der Waals surface area contributed by atoms with Crippen LogP contribution in [0.2, 0.25) is 0 Å². The number of ether oxygens (including phenoxy) is 2. The highest BCUT2D eigenvalue weighted by Crippen LogP contribution is 2.70. The van der Waals surface area contributed by atoms with Gasteiger partial charge in [-0.1, -0.05) is 50.7 Å². The second kappa shape index (κ2) is 9.97. The van der Waals surface area contributed by atoms with Crippen LogP contribution < -0.4 is 20.4 Å². The third kappa shape index (κ3) is 4.96. The zero-order valence-electron chi connectivity index (χ0n) is 23.8. The van der Waals surface area contributed by atoms with E-state index in [9.17, 15) is 13.0 Å². The van der Waals surface area contributed by atoms with E-state index in [-0.39, 0.29) is 22.7 Å². The highest BCUT2D eigenvalue weighted by molar-refractivity contribution is 7.85. The Hall–Kier alpha value is -3.19. The summed E-state index contributed by atoms with van der Waals surface area (Å²) >= 11 is 1.51. The van der Waals surface area contributed by atoms with Crippen LogP contribution in [-0.2, 0) is 14.9 Å². The average molecular weight is 598 g/mol. The number of amidine groups is 1. The molecule has 41 heavy (non-hydrogen) atoms. The standard InChI is InChI=1S/C29H35N5O5S2/c1-18-9-14-25-28(4,5)29(25,16-18)39-17-38-23-8-6-7-21(15-23)26-31-33(22-10-12-24(13-11-22)41(35,36)37)34(32-26)27-30-19(2)20(3)40-27/h6-8,10-13,15,18,25H,9,14,16-17H2,1-5H3,(H,31,32)(H,35,36,37). The van der Waals surface area contributed by atoms with E-state index in [4.69, 9.17) is 14.6 Å². The molecule has 0 bridgehead atoms. The summed E-state index contributed by atoms with van der Waals surface area (Å²) in [7, 11) is -4.31. The van der Waals surface area contributed by atoms with Crippen molar-refractivity contribution in [3.63, 3.8) is 0 Å². The van der Waals surface area contributed by atoms with Gasteiger partial charge in [-0.25, -0.2) is 4.98 Å². The monoisotopic (exact) mass is 597 g/mol. The molecule has 2 heterocycles. The highest BCUT2D eigenvalue weighted by atomic mass is 32.2. The van der Waals surface area contributed by atoms with Gasteiger partial charge < -0.3 is 9.47 Å². The van der Waals surface area contributed by atoms with E-state index in [1.165, 1.54) is 36.3 Å². The average Bonchev–Trinajstić information content (AvgIpc) is 3.26. The van der Waals surface area contributed by atoms with Gasteiger partial charge in [-0.3, -0.25) is 9.98 Å². The summed E-state index contributed by atoms with van der Waals surface area (Å²) in [6, 6.07) is 13.5. The molecule has 3 aromatic rings. The molecular formula is C29H35N5O5S2. The number of aryl methyl sites for hydroxylation is 2. The van der Waals surface area contributed by atoms with Gasteiger partial charge in [0.15, 0.2) is 12.6 Å². The zero-order chi connectivity index (χ0) is 29.2. The number of hydrogen-bond donors (Lipinski definition) is 2. The molecule has 2 N–H and O–H groups in total. The fourth-order valence-electron chi connectivity index (χ4n) is 6.31. The summed E-state index contributed by atoms with van der Waals surface area (Å²) in [5.74, 6) is 2.47. The third-order valence-corrected chi connectivity index (χ3v) is 10.8. The smallest absolute Gasteiger partial charge is 0.294 e. The van der Waals surface area contributed by atoms with E-state index in [0.29, 0.717) is 34.2 Å². The topological polar surface area (TPSA) is 117 Å². The summed E-state index contributed by atoms with van der Waals surface area (Å²) in [4.78, 5) is 5.55. The Bertz CT molecular complexity index is 1580. The van der Waals surface area contributed by atoms with Crippen molar-refractivity contribution in [2.24, 2.45) is 22.4 Å². The van der Waals surface area contributed by atoms with Crippen molar-refractivity contribution in [2.75, 3.05) is 17.0 Å². The molecule has 6 rings (SSSR count). The molecule has 0 amide bonds. The van der Waals surface area contributed by atoms with Crippen molar-refractivity contribution in [3.05, 3.63) is 64.7 Å². The number of hydrazone groups is 1. The predicted molar refractivity (Wildman–Crippen MR) is 159 cm³/mol. The number of benzene rings is 2. The molecule has 0 saturated heterocycles. The molecule has 218 valence electrons. The molecule has 3 aliphatic rings. The van der Waals surface area contributed by atoms with Gasteiger partial charge in [0, 0.05) is 10.4 Å². The molecule has 10 nitrogen and oxygen atoms in total. The number of thiazole rings is 1. The molecule has 12 heteroatoms. The minimum Gasteiger partial charge on any atom is -0.468 e. The van der Waals surface area contributed by atoms with Crippen LogP contribution in [0.25, 0.3) is 0 Å². The van der Waals surface area contributed by atoms with Crippen LogP contribution in [0.1, 0.15) is 56.2 Å².